The van der Waals surface area contributed by atoms with Gasteiger partial charge in [0.25, 0.3) is 0 Å². The smallest absolute Gasteiger partial charge is 0.188 e. The van der Waals surface area contributed by atoms with Crippen LogP contribution in [0.3, 0.4) is 0 Å². The average Bonchev–Trinajstić information content (AvgIpc) is 2.79. The number of ether oxygens (including phenoxy) is 3. The molecule has 0 saturated heterocycles. The van der Waals surface area contributed by atoms with E-state index in [4.69, 9.17) is 14.2 Å². The maximum absolute atomic E-state index is 13.4. The second-order valence-corrected chi connectivity index (χ2v) is 3.96. The topological polar surface area (TPSA) is 45.5 Å². The fourth-order valence-electron chi connectivity index (χ4n) is 1.51. The van der Waals surface area contributed by atoms with Crippen LogP contribution in [-0.2, 0) is 18.4 Å². The number of hydrogen-bond donors (Lipinski definition) is 0. The predicted octanol–water partition coefficient (Wildman–Crippen LogP) is 2.12. The molecular formula is C13H15FN2O3. The number of nitrogens with zero attached hydrogens (tertiary/aromatic N) is 2. The van der Waals surface area contributed by atoms with Gasteiger partial charge in [-0.25, -0.2) is 9.37 Å². The highest BCUT2D eigenvalue weighted by Crippen LogP contribution is 2.23. The van der Waals surface area contributed by atoms with E-state index in [1.54, 1.807) is 18.6 Å². The normalized spacial score (nSPS) is 10.5. The zero-order valence-corrected chi connectivity index (χ0v) is 10.8. The number of rotatable bonds is 6. The fraction of sp³-hybridized carbons (Fsp3) is 0.308. The van der Waals surface area contributed by atoms with Crippen molar-refractivity contribution in [1.29, 1.82) is 0 Å². The van der Waals surface area contributed by atoms with E-state index in [-0.39, 0.29) is 6.79 Å². The molecule has 5 nitrogen and oxygen atoms in total. The third-order valence-electron chi connectivity index (χ3n) is 2.49. The average molecular weight is 266 g/mol. The minimum atomic E-state index is -0.423. The first-order chi connectivity index (χ1) is 9.19. The highest BCUT2D eigenvalue weighted by atomic mass is 19.1. The van der Waals surface area contributed by atoms with Gasteiger partial charge in [0, 0.05) is 32.4 Å². The van der Waals surface area contributed by atoms with Crippen LogP contribution >= 0.6 is 0 Å². The van der Waals surface area contributed by atoms with Crippen LogP contribution in [0.25, 0.3) is 0 Å². The molecule has 102 valence electrons. The molecule has 19 heavy (non-hydrogen) atoms. The molecule has 0 aliphatic heterocycles. The molecular weight excluding hydrogens is 251 g/mol. The van der Waals surface area contributed by atoms with Crippen LogP contribution in [0.5, 0.6) is 11.5 Å². The van der Waals surface area contributed by atoms with E-state index in [1.165, 1.54) is 19.2 Å². The molecule has 1 heterocycles. The Morgan fingerprint density at radius 2 is 1.95 bits per heavy atom. The van der Waals surface area contributed by atoms with Crippen molar-refractivity contribution in [3.05, 3.63) is 42.2 Å². The Balaban J connectivity index is 2.03. The number of benzene rings is 1. The van der Waals surface area contributed by atoms with E-state index in [0.29, 0.717) is 18.1 Å². The minimum Gasteiger partial charge on any atom is -0.487 e. The molecule has 0 atom stereocenters. The molecule has 1 aromatic heterocycles. The molecule has 1 aromatic carbocycles. The number of aryl methyl sites for hydroxylation is 1. The van der Waals surface area contributed by atoms with Gasteiger partial charge >= 0.3 is 0 Å². The summed E-state index contributed by atoms with van der Waals surface area (Å²) >= 11 is 0. The Hall–Kier alpha value is -2.08. The number of halogens is 1. The zero-order valence-electron chi connectivity index (χ0n) is 10.8. The standard InChI is InChI=1S/C13H15FN2O3/c1-16-8-15-6-11(16)7-18-12-3-10(14)4-13(5-12)19-9-17-2/h3-6,8H,7,9H2,1-2H3. The Bertz CT molecular complexity index is 542. The van der Waals surface area contributed by atoms with Gasteiger partial charge in [0.05, 0.1) is 18.2 Å². The summed E-state index contributed by atoms with van der Waals surface area (Å²) in [6.07, 6.45) is 3.37. The lowest BCUT2D eigenvalue weighted by Crippen LogP contribution is -2.03. The largest absolute Gasteiger partial charge is 0.487 e. The van der Waals surface area contributed by atoms with Gasteiger partial charge in [-0.15, -0.1) is 0 Å². The van der Waals surface area contributed by atoms with Gasteiger partial charge in [-0.05, 0) is 0 Å². The van der Waals surface area contributed by atoms with Crippen molar-refractivity contribution in [3.63, 3.8) is 0 Å². The first-order valence-electron chi connectivity index (χ1n) is 5.69. The van der Waals surface area contributed by atoms with Crippen LogP contribution in [0, 0.1) is 5.82 Å². The van der Waals surface area contributed by atoms with Gasteiger partial charge in [0.15, 0.2) is 6.79 Å². The second kappa shape index (κ2) is 6.19. The second-order valence-electron chi connectivity index (χ2n) is 3.96. The summed E-state index contributed by atoms with van der Waals surface area (Å²) in [5, 5.41) is 0. The van der Waals surface area contributed by atoms with Crippen molar-refractivity contribution in [2.24, 2.45) is 7.05 Å². The van der Waals surface area contributed by atoms with Crippen molar-refractivity contribution in [2.45, 2.75) is 6.61 Å². The number of methoxy groups -OCH3 is 1. The minimum absolute atomic E-state index is 0.0601. The molecule has 0 bridgehead atoms. The molecule has 0 aliphatic rings. The molecule has 0 spiro atoms. The van der Waals surface area contributed by atoms with E-state index in [1.807, 2.05) is 11.6 Å². The van der Waals surface area contributed by atoms with E-state index in [2.05, 4.69) is 4.98 Å². The van der Waals surface area contributed by atoms with Crippen LogP contribution in [0.2, 0.25) is 0 Å². The Labute approximate surface area is 110 Å². The summed E-state index contributed by atoms with van der Waals surface area (Å²) in [5.41, 5.74) is 0.892. The summed E-state index contributed by atoms with van der Waals surface area (Å²) < 4.78 is 30.7. The Morgan fingerprint density at radius 3 is 2.58 bits per heavy atom. The fourth-order valence-corrected chi connectivity index (χ4v) is 1.51. The van der Waals surface area contributed by atoms with Gasteiger partial charge in [0.2, 0.25) is 0 Å². The van der Waals surface area contributed by atoms with Crippen LogP contribution in [0.15, 0.2) is 30.7 Å². The Morgan fingerprint density at radius 1 is 1.21 bits per heavy atom. The lowest BCUT2D eigenvalue weighted by atomic mass is 10.3. The SMILES string of the molecule is COCOc1cc(F)cc(OCc2cncn2C)c1. The first kappa shape index (κ1) is 13.4. The maximum atomic E-state index is 13.4. The number of aromatic nitrogens is 2. The summed E-state index contributed by atoms with van der Waals surface area (Å²) in [4.78, 5) is 3.98. The summed E-state index contributed by atoms with van der Waals surface area (Å²) in [7, 11) is 3.36. The summed E-state index contributed by atoms with van der Waals surface area (Å²) in [5.74, 6) is 0.336. The van der Waals surface area contributed by atoms with Crippen LogP contribution in [0.1, 0.15) is 5.69 Å². The molecule has 6 heteroatoms. The van der Waals surface area contributed by atoms with Gasteiger partial charge in [0.1, 0.15) is 23.9 Å². The monoisotopic (exact) mass is 266 g/mol. The van der Waals surface area contributed by atoms with Crippen LogP contribution < -0.4 is 9.47 Å². The molecule has 0 radical (unpaired) electrons. The van der Waals surface area contributed by atoms with Gasteiger partial charge in [-0.3, -0.25) is 0 Å². The van der Waals surface area contributed by atoms with E-state index in [0.717, 1.165) is 5.69 Å². The summed E-state index contributed by atoms with van der Waals surface area (Å²) in [6.45, 7) is 0.369. The van der Waals surface area contributed by atoms with Gasteiger partial charge in [-0.2, -0.15) is 0 Å². The van der Waals surface area contributed by atoms with Crippen molar-refractivity contribution in [2.75, 3.05) is 13.9 Å². The molecule has 2 aromatic rings. The number of hydrogen-bond acceptors (Lipinski definition) is 4. The van der Waals surface area contributed by atoms with Crippen LogP contribution in [0.4, 0.5) is 4.39 Å². The predicted molar refractivity (Wildman–Crippen MR) is 66.4 cm³/mol. The van der Waals surface area contributed by atoms with E-state index >= 15 is 0 Å². The van der Waals surface area contributed by atoms with Crippen molar-refractivity contribution in [1.82, 2.24) is 9.55 Å². The third kappa shape index (κ3) is 3.69. The molecule has 0 aliphatic carbocycles. The molecule has 0 N–H and O–H groups in total. The lowest BCUT2D eigenvalue weighted by molar-refractivity contribution is 0.0507. The maximum Gasteiger partial charge on any atom is 0.188 e. The van der Waals surface area contributed by atoms with Gasteiger partial charge in [-0.1, -0.05) is 0 Å². The molecule has 2 rings (SSSR count). The quantitative estimate of drug-likeness (QED) is 0.751. The van der Waals surface area contributed by atoms with Gasteiger partial charge < -0.3 is 18.8 Å². The van der Waals surface area contributed by atoms with Crippen LogP contribution in [-0.4, -0.2) is 23.5 Å². The van der Waals surface area contributed by atoms with Crippen molar-refractivity contribution >= 4 is 0 Å². The van der Waals surface area contributed by atoms with Crippen molar-refractivity contribution < 1.29 is 18.6 Å². The molecule has 0 saturated carbocycles. The highest BCUT2D eigenvalue weighted by Gasteiger charge is 2.05. The molecule has 0 fully saturated rings. The molecule has 0 amide bonds. The van der Waals surface area contributed by atoms with E-state index < -0.39 is 5.82 Å². The highest BCUT2D eigenvalue weighted by molar-refractivity contribution is 5.34. The Kier molecular flexibility index (Phi) is 4.35. The van der Waals surface area contributed by atoms with E-state index in [9.17, 15) is 4.39 Å². The van der Waals surface area contributed by atoms with Crippen molar-refractivity contribution in [3.8, 4) is 11.5 Å². The molecule has 0 unspecified atom stereocenters. The summed E-state index contributed by atoms with van der Waals surface area (Å²) in [6, 6.07) is 4.18. The number of imidazole rings is 1. The zero-order chi connectivity index (χ0) is 13.7. The lowest BCUT2D eigenvalue weighted by Gasteiger charge is -2.09. The first-order valence-corrected chi connectivity index (χ1v) is 5.69. The third-order valence-corrected chi connectivity index (χ3v) is 2.49.